The van der Waals surface area contributed by atoms with Crippen LogP contribution < -0.4 is 10.1 Å². The van der Waals surface area contributed by atoms with Crippen LogP contribution >= 0.6 is 11.3 Å². The Labute approximate surface area is 111 Å². The van der Waals surface area contributed by atoms with Crippen LogP contribution in [0.1, 0.15) is 18.7 Å². The molecule has 0 bridgehead atoms. The van der Waals surface area contributed by atoms with Gasteiger partial charge in [-0.15, -0.1) is 11.3 Å². The van der Waals surface area contributed by atoms with E-state index in [2.05, 4.69) is 46.6 Å². The van der Waals surface area contributed by atoms with Gasteiger partial charge in [0.05, 0.1) is 7.11 Å². The zero-order chi connectivity index (χ0) is 13.0. The first-order valence-corrected chi connectivity index (χ1v) is 6.64. The van der Waals surface area contributed by atoms with Gasteiger partial charge in [-0.3, -0.25) is 0 Å². The number of nitrogens with one attached hydrogen (secondary N) is 1. The van der Waals surface area contributed by atoms with Gasteiger partial charge in [0, 0.05) is 22.9 Å². The smallest absolute Gasteiger partial charge is 0.218 e. The van der Waals surface area contributed by atoms with E-state index in [4.69, 9.17) is 4.74 Å². The molecule has 0 aromatic carbocycles. The first-order chi connectivity index (χ1) is 8.62. The van der Waals surface area contributed by atoms with E-state index in [-0.39, 0.29) is 5.41 Å². The molecule has 0 saturated heterocycles. The average molecular weight is 263 g/mol. The molecular formula is C13H17N3OS. The van der Waals surface area contributed by atoms with Gasteiger partial charge in [-0.05, 0) is 11.4 Å². The number of rotatable bonds is 5. The van der Waals surface area contributed by atoms with Crippen molar-refractivity contribution in [1.29, 1.82) is 0 Å². The van der Waals surface area contributed by atoms with Crippen LogP contribution in [-0.2, 0) is 5.41 Å². The third-order valence-electron chi connectivity index (χ3n) is 2.75. The average Bonchev–Trinajstić information content (AvgIpc) is 2.91. The van der Waals surface area contributed by atoms with Crippen molar-refractivity contribution in [2.24, 2.45) is 0 Å². The molecule has 0 amide bonds. The van der Waals surface area contributed by atoms with Crippen LogP contribution in [0.25, 0.3) is 0 Å². The van der Waals surface area contributed by atoms with Crippen LogP contribution in [0, 0.1) is 0 Å². The zero-order valence-corrected chi connectivity index (χ0v) is 11.6. The Morgan fingerprint density at radius 1 is 1.39 bits per heavy atom. The van der Waals surface area contributed by atoms with Gasteiger partial charge in [0.25, 0.3) is 0 Å². The molecule has 96 valence electrons. The summed E-state index contributed by atoms with van der Waals surface area (Å²) < 4.78 is 5.07. The van der Waals surface area contributed by atoms with E-state index in [9.17, 15) is 0 Å². The second-order valence-corrected chi connectivity index (χ2v) is 5.61. The van der Waals surface area contributed by atoms with Crippen LogP contribution in [-0.4, -0.2) is 23.6 Å². The fourth-order valence-corrected chi connectivity index (χ4v) is 2.46. The highest BCUT2D eigenvalue weighted by Crippen LogP contribution is 2.27. The second-order valence-electron chi connectivity index (χ2n) is 4.66. The summed E-state index contributed by atoms with van der Waals surface area (Å²) in [4.78, 5) is 9.51. The summed E-state index contributed by atoms with van der Waals surface area (Å²) in [5.41, 5.74) is 0.0757. The molecule has 0 saturated carbocycles. The van der Waals surface area contributed by atoms with Gasteiger partial charge < -0.3 is 10.1 Å². The van der Waals surface area contributed by atoms with Crippen LogP contribution in [0.5, 0.6) is 5.88 Å². The number of hydrogen-bond acceptors (Lipinski definition) is 5. The van der Waals surface area contributed by atoms with Crippen LogP contribution in [0.4, 0.5) is 5.82 Å². The molecule has 0 atom stereocenters. The van der Waals surface area contributed by atoms with Gasteiger partial charge >= 0.3 is 0 Å². The normalized spacial score (nSPS) is 11.3. The number of ether oxygens (including phenoxy) is 1. The molecule has 4 nitrogen and oxygen atoms in total. The molecule has 0 radical (unpaired) electrons. The van der Waals surface area contributed by atoms with E-state index < -0.39 is 0 Å². The molecule has 0 fully saturated rings. The van der Waals surface area contributed by atoms with Crippen molar-refractivity contribution in [3.05, 3.63) is 34.8 Å². The lowest BCUT2D eigenvalue weighted by molar-refractivity contribution is 0.397. The summed E-state index contributed by atoms with van der Waals surface area (Å²) in [5, 5.41) is 5.43. The first-order valence-electron chi connectivity index (χ1n) is 5.76. The monoisotopic (exact) mass is 263 g/mol. The van der Waals surface area contributed by atoms with E-state index in [1.54, 1.807) is 24.5 Å². The van der Waals surface area contributed by atoms with Gasteiger partial charge in [-0.25, -0.2) is 9.97 Å². The highest BCUT2D eigenvalue weighted by Gasteiger charge is 2.21. The van der Waals surface area contributed by atoms with Crippen molar-refractivity contribution in [1.82, 2.24) is 9.97 Å². The number of hydrogen-bond donors (Lipinski definition) is 1. The molecule has 2 rings (SSSR count). The molecular weight excluding hydrogens is 246 g/mol. The third kappa shape index (κ3) is 2.98. The standard InChI is InChI=1S/C13H17N3OS/c1-13(2,10-5-4-6-18-10)8-14-11-7-12(17-3)16-9-15-11/h4-7,9H,8H2,1-3H3,(H,14,15,16). The molecule has 2 aromatic rings. The summed E-state index contributed by atoms with van der Waals surface area (Å²) in [6.07, 6.45) is 1.50. The summed E-state index contributed by atoms with van der Waals surface area (Å²) in [6.45, 7) is 5.24. The molecule has 5 heteroatoms. The number of thiophene rings is 1. The highest BCUT2D eigenvalue weighted by molar-refractivity contribution is 7.10. The Hall–Kier alpha value is -1.62. The fourth-order valence-electron chi connectivity index (χ4n) is 1.61. The molecule has 0 unspecified atom stereocenters. The predicted molar refractivity (Wildman–Crippen MR) is 74.4 cm³/mol. The Kier molecular flexibility index (Phi) is 3.81. The van der Waals surface area contributed by atoms with Gasteiger partial charge in [0.15, 0.2) is 0 Å². The number of aromatic nitrogens is 2. The third-order valence-corrected chi connectivity index (χ3v) is 3.99. The largest absolute Gasteiger partial charge is 0.481 e. The quantitative estimate of drug-likeness (QED) is 0.901. The van der Waals surface area contributed by atoms with Crippen molar-refractivity contribution in [2.45, 2.75) is 19.3 Å². The molecule has 0 aliphatic rings. The topological polar surface area (TPSA) is 47.0 Å². The Balaban J connectivity index is 2.02. The summed E-state index contributed by atoms with van der Waals surface area (Å²) in [7, 11) is 1.60. The van der Waals surface area contributed by atoms with Crippen molar-refractivity contribution in [3.63, 3.8) is 0 Å². The Morgan fingerprint density at radius 3 is 2.89 bits per heavy atom. The minimum Gasteiger partial charge on any atom is -0.481 e. The fraction of sp³-hybridized carbons (Fsp3) is 0.385. The van der Waals surface area contributed by atoms with E-state index in [0.717, 1.165) is 12.4 Å². The molecule has 2 aromatic heterocycles. The number of nitrogens with zero attached hydrogens (tertiary/aromatic N) is 2. The zero-order valence-electron chi connectivity index (χ0n) is 10.8. The van der Waals surface area contributed by atoms with E-state index in [1.807, 2.05) is 0 Å². The summed E-state index contributed by atoms with van der Waals surface area (Å²) in [5.74, 6) is 1.35. The number of methoxy groups -OCH3 is 1. The lowest BCUT2D eigenvalue weighted by atomic mass is 9.91. The molecule has 2 heterocycles. The molecule has 18 heavy (non-hydrogen) atoms. The molecule has 0 aliphatic heterocycles. The first kappa shape index (κ1) is 12.8. The van der Waals surface area contributed by atoms with E-state index in [0.29, 0.717) is 5.88 Å². The minimum absolute atomic E-state index is 0.0757. The maximum Gasteiger partial charge on any atom is 0.218 e. The summed E-state index contributed by atoms with van der Waals surface area (Å²) >= 11 is 1.78. The summed E-state index contributed by atoms with van der Waals surface area (Å²) in [6, 6.07) is 6.03. The lowest BCUT2D eigenvalue weighted by Crippen LogP contribution is -2.26. The van der Waals surface area contributed by atoms with Crippen LogP contribution in [0.2, 0.25) is 0 Å². The Morgan fingerprint density at radius 2 is 2.22 bits per heavy atom. The molecule has 1 N–H and O–H groups in total. The van der Waals surface area contributed by atoms with Gasteiger partial charge in [-0.1, -0.05) is 19.9 Å². The second kappa shape index (κ2) is 5.35. The van der Waals surface area contributed by atoms with Crippen LogP contribution in [0.15, 0.2) is 29.9 Å². The van der Waals surface area contributed by atoms with Crippen molar-refractivity contribution >= 4 is 17.2 Å². The van der Waals surface area contributed by atoms with Crippen molar-refractivity contribution in [3.8, 4) is 5.88 Å². The van der Waals surface area contributed by atoms with Gasteiger partial charge in [-0.2, -0.15) is 0 Å². The highest BCUT2D eigenvalue weighted by atomic mass is 32.1. The maximum atomic E-state index is 5.07. The SMILES string of the molecule is COc1cc(NCC(C)(C)c2cccs2)ncn1. The van der Waals surface area contributed by atoms with Crippen molar-refractivity contribution < 1.29 is 4.74 Å². The maximum absolute atomic E-state index is 5.07. The van der Waals surface area contributed by atoms with Crippen molar-refractivity contribution in [2.75, 3.05) is 19.0 Å². The van der Waals surface area contributed by atoms with Gasteiger partial charge in [0.1, 0.15) is 12.1 Å². The molecule has 0 aliphatic carbocycles. The van der Waals surface area contributed by atoms with Gasteiger partial charge in [0.2, 0.25) is 5.88 Å². The minimum atomic E-state index is 0.0757. The Bertz CT molecular complexity index is 497. The van der Waals surface area contributed by atoms with E-state index >= 15 is 0 Å². The molecule has 0 spiro atoms. The number of anilines is 1. The predicted octanol–water partition coefficient (Wildman–Crippen LogP) is 2.94. The van der Waals surface area contributed by atoms with E-state index in [1.165, 1.54) is 11.2 Å². The lowest BCUT2D eigenvalue weighted by Gasteiger charge is -2.23. The van der Waals surface area contributed by atoms with Crippen LogP contribution in [0.3, 0.4) is 0 Å².